The number of benzene rings is 1. The molecule has 1 aromatic heterocycles. The van der Waals surface area contributed by atoms with Gasteiger partial charge in [-0.2, -0.15) is 0 Å². The van der Waals surface area contributed by atoms with Crippen molar-refractivity contribution in [1.29, 1.82) is 0 Å². The van der Waals surface area contributed by atoms with Crippen molar-refractivity contribution in [2.75, 3.05) is 0 Å². The lowest BCUT2D eigenvalue weighted by Crippen LogP contribution is -2.31. The topological polar surface area (TPSA) is 88.5 Å². The van der Waals surface area contributed by atoms with Gasteiger partial charge in [0.25, 0.3) is 0 Å². The second-order valence-corrected chi connectivity index (χ2v) is 7.54. The van der Waals surface area contributed by atoms with Gasteiger partial charge in [-0.1, -0.05) is 51.1 Å². The van der Waals surface area contributed by atoms with E-state index >= 15 is 0 Å². The second kappa shape index (κ2) is 8.11. The highest BCUT2D eigenvalue weighted by atomic mass is 32.1. The molecule has 1 heterocycles. The molecule has 0 fully saturated rings. The summed E-state index contributed by atoms with van der Waals surface area (Å²) in [6.45, 7) is 6.22. The molecule has 0 aliphatic heterocycles. The molecule has 2 N–H and O–H groups in total. The predicted octanol–water partition coefficient (Wildman–Crippen LogP) is 3.88. The first-order chi connectivity index (χ1) is 11.8. The fourth-order valence-electron chi connectivity index (χ4n) is 2.10. The fourth-order valence-corrected chi connectivity index (χ4v) is 3.06. The molecule has 2 aromatic rings. The Labute approximate surface area is 150 Å². The third-order valence-corrected chi connectivity index (χ3v) is 4.69. The Morgan fingerprint density at radius 3 is 2.52 bits per heavy atom. The van der Waals surface area contributed by atoms with E-state index in [2.05, 4.69) is 10.3 Å². The average Bonchev–Trinajstić information content (AvgIpc) is 3.03. The number of rotatable bonds is 6. The summed E-state index contributed by atoms with van der Waals surface area (Å²) >= 11 is 1.45. The van der Waals surface area contributed by atoms with Crippen LogP contribution in [0.4, 0.5) is 4.79 Å². The van der Waals surface area contributed by atoms with Gasteiger partial charge in [0.1, 0.15) is 6.61 Å². The summed E-state index contributed by atoms with van der Waals surface area (Å²) in [5.41, 5.74) is 1.26. The van der Waals surface area contributed by atoms with Gasteiger partial charge in [0, 0.05) is 10.8 Å². The van der Waals surface area contributed by atoms with E-state index in [9.17, 15) is 9.59 Å². The Balaban J connectivity index is 2.03. The van der Waals surface area contributed by atoms with Crippen molar-refractivity contribution in [2.45, 2.75) is 45.3 Å². The van der Waals surface area contributed by atoms with Gasteiger partial charge in [-0.15, -0.1) is 11.3 Å². The maximum absolute atomic E-state index is 12.0. The highest BCUT2D eigenvalue weighted by Crippen LogP contribution is 2.28. The third-order valence-electron chi connectivity index (χ3n) is 3.40. The Bertz CT molecular complexity index is 722. The SMILES string of the molecule is CC(C)(C)c1nc([C@@H](CC(=O)O)NC(=O)OCc2ccccc2)cs1. The molecule has 0 bridgehead atoms. The number of hydrogen-bond acceptors (Lipinski definition) is 5. The van der Waals surface area contributed by atoms with Crippen LogP contribution in [0, 0.1) is 0 Å². The van der Waals surface area contributed by atoms with E-state index in [4.69, 9.17) is 9.84 Å². The number of ether oxygens (including phenoxy) is 1. The van der Waals surface area contributed by atoms with Crippen molar-refractivity contribution < 1.29 is 19.4 Å². The van der Waals surface area contributed by atoms with Crippen LogP contribution < -0.4 is 5.32 Å². The first-order valence-corrected chi connectivity index (χ1v) is 8.78. The van der Waals surface area contributed by atoms with Gasteiger partial charge in [0.2, 0.25) is 0 Å². The van der Waals surface area contributed by atoms with Crippen LogP contribution in [0.15, 0.2) is 35.7 Å². The van der Waals surface area contributed by atoms with E-state index in [0.717, 1.165) is 10.6 Å². The summed E-state index contributed by atoms with van der Waals surface area (Å²) in [7, 11) is 0. The molecular formula is C18H22N2O4S. The zero-order valence-electron chi connectivity index (χ0n) is 14.5. The number of carbonyl (C=O) groups excluding carboxylic acids is 1. The third kappa shape index (κ3) is 5.86. The smallest absolute Gasteiger partial charge is 0.408 e. The Morgan fingerprint density at radius 1 is 1.28 bits per heavy atom. The number of hydrogen-bond donors (Lipinski definition) is 2. The van der Waals surface area contributed by atoms with Crippen LogP contribution in [-0.2, 0) is 21.6 Å². The number of carboxylic acid groups (broad SMARTS) is 1. The molecule has 25 heavy (non-hydrogen) atoms. The van der Waals surface area contributed by atoms with Crippen LogP contribution in [0.2, 0.25) is 0 Å². The zero-order chi connectivity index (χ0) is 18.4. The molecule has 1 aromatic carbocycles. The molecule has 0 spiro atoms. The van der Waals surface area contributed by atoms with E-state index in [-0.39, 0.29) is 18.4 Å². The first-order valence-electron chi connectivity index (χ1n) is 7.90. The lowest BCUT2D eigenvalue weighted by molar-refractivity contribution is -0.137. The quantitative estimate of drug-likeness (QED) is 0.814. The second-order valence-electron chi connectivity index (χ2n) is 6.68. The van der Waals surface area contributed by atoms with Crippen LogP contribution in [0.5, 0.6) is 0 Å². The normalized spacial score (nSPS) is 12.4. The van der Waals surface area contributed by atoms with Crippen LogP contribution in [-0.4, -0.2) is 22.2 Å². The number of carbonyl (C=O) groups is 2. The fraction of sp³-hybridized carbons (Fsp3) is 0.389. The molecule has 0 aliphatic carbocycles. The molecule has 7 heteroatoms. The van der Waals surface area contributed by atoms with Crippen molar-refractivity contribution in [1.82, 2.24) is 10.3 Å². The maximum Gasteiger partial charge on any atom is 0.408 e. The minimum atomic E-state index is -1.02. The van der Waals surface area contributed by atoms with Gasteiger partial charge in [-0.25, -0.2) is 9.78 Å². The van der Waals surface area contributed by atoms with Gasteiger partial charge in [0.05, 0.1) is 23.2 Å². The summed E-state index contributed by atoms with van der Waals surface area (Å²) in [5, 5.41) is 14.4. The van der Waals surface area contributed by atoms with Crippen molar-refractivity contribution in [3.05, 3.63) is 52.0 Å². The number of alkyl carbamates (subject to hydrolysis) is 1. The molecule has 6 nitrogen and oxygen atoms in total. The van der Waals surface area contributed by atoms with Gasteiger partial charge in [0.15, 0.2) is 0 Å². The van der Waals surface area contributed by atoms with E-state index in [1.807, 2.05) is 51.1 Å². The van der Waals surface area contributed by atoms with E-state index < -0.39 is 18.1 Å². The number of aliphatic carboxylic acids is 1. The summed E-state index contributed by atoms with van der Waals surface area (Å²) in [6.07, 6.45) is -0.922. The lowest BCUT2D eigenvalue weighted by atomic mass is 9.98. The molecule has 1 amide bonds. The van der Waals surface area contributed by atoms with Crippen LogP contribution in [0.3, 0.4) is 0 Å². The monoisotopic (exact) mass is 362 g/mol. The van der Waals surface area contributed by atoms with Gasteiger partial charge in [-0.3, -0.25) is 4.79 Å². The highest BCUT2D eigenvalue weighted by molar-refractivity contribution is 7.09. The molecule has 134 valence electrons. The van der Waals surface area contributed by atoms with Crippen molar-refractivity contribution >= 4 is 23.4 Å². The van der Waals surface area contributed by atoms with Crippen LogP contribution in [0.25, 0.3) is 0 Å². The number of thiazole rings is 1. The number of aromatic nitrogens is 1. The van der Waals surface area contributed by atoms with Gasteiger partial charge in [-0.05, 0) is 5.56 Å². The largest absolute Gasteiger partial charge is 0.481 e. The van der Waals surface area contributed by atoms with E-state index in [1.54, 1.807) is 5.38 Å². The minimum Gasteiger partial charge on any atom is -0.481 e. The standard InChI is InChI=1S/C18H22N2O4S/c1-18(2,3)16-19-14(11-25-16)13(9-15(21)22)20-17(23)24-10-12-7-5-4-6-8-12/h4-8,11,13H,9-10H2,1-3H3,(H,20,23)(H,21,22)/t13-/m1/s1. The number of nitrogens with one attached hydrogen (secondary N) is 1. The highest BCUT2D eigenvalue weighted by Gasteiger charge is 2.24. The van der Waals surface area contributed by atoms with Gasteiger partial charge < -0.3 is 15.2 Å². The molecule has 0 radical (unpaired) electrons. The summed E-state index contributed by atoms with van der Waals surface area (Å²) in [6, 6.07) is 8.55. The molecular weight excluding hydrogens is 340 g/mol. The summed E-state index contributed by atoms with van der Waals surface area (Å²) < 4.78 is 5.17. The Hall–Kier alpha value is -2.41. The van der Waals surface area contributed by atoms with Crippen molar-refractivity contribution in [3.63, 3.8) is 0 Å². The van der Waals surface area contributed by atoms with Gasteiger partial charge >= 0.3 is 12.1 Å². The summed E-state index contributed by atoms with van der Waals surface area (Å²) in [4.78, 5) is 27.7. The summed E-state index contributed by atoms with van der Waals surface area (Å²) in [5.74, 6) is -1.02. The number of amides is 1. The molecule has 1 atom stereocenters. The first kappa shape index (κ1) is 18.9. The minimum absolute atomic E-state index is 0.122. The molecule has 0 unspecified atom stereocenters. The molecule has 0 saturated carbocycles. The van der Waals surface area contributed by atoms with E-state index in [0.29, 0.717) is 5.69 Å². The van der Waals surface area contributed by atoms with Crippen LogP contribution >= 0.6 is 11.3 Å². The molecule has 0 aliphatic rings. The Kier molecular flexibility index (Phi) is 6.14. The Morgan fingerprint density at radius 2 is 1.96 bits per heavy atom. The number of nitrogens with zero attached hydrogens (tertiary/aromatic N) is 1. The molecule has 0 saturated heterocycles. The molecule has 2 rings (SSSR count). The van der Waals surface area contributed by atoms with Crippen molar-refractivity contribution in [2.24, 2.45) is 0 Å². The van der Waals surface area contributed by atoms with Crippen molar-refractivity contribution in [3.8, 4) is 0 Å². The predicted molar refractivity (Wildman–Crippen MR) is 95.6 cm³/mol. The zero-order valence-corrected chi connectivity index (χ0v) is 15.3. The lowest BCUT2D eigenvalue weighted by Gasteiger charge is -2.16. The van der Waals surface area contributed by atoms with Crippen LogP contribution in [0.1, 0.15) is 49.5 Å². The average molecular weight is 362 g/mol. The number of carboxylic acids is 1. The maximum atomic E-state index is 12.0. The van der Waals surface area contributed by atoms with E-state index in [1.165, 1.54) is 11.3 Å².